The van der Waals surface area contributed by atoms with Gasteiger partial charge in [-0.15, -0.1) is 0 Å². The molecule has 2 rings (SSSR count). The van der Waals surface area contributed by atoms with E-state index < -0.39 is 16.8 Å². The summed E-state index contributed by atoms with van der Waals surface area (Å²) in [5, 5.41) is 2.66. The van der Waals surface area contributed by atoms with E-state index in [4.69, 9.17) is 4.74 Å². The first-order chi connectivity index (χ1) is 12.2. The standard InChI is InChI=1S/C19H26N2O4S/c1-5-17(22)20-14-6-8-15(9-7-14)26(24)16-10-12-21(13-11-16)18(23)25-19(2,3)4/h5-9,16H,1,10-13H2,2-4H3,(H,20,22). The first kappa shape index (κ1) is 20.3. The minimum atomic E-state index is -1.15. The second-order valence-corrected chi connectivity index (χ2v) is 8.91. The van der Waals surface area contributed by atoms with Crippen molar-refractivity contribution in [1.82, 2.24) is 4.90 Å². The molecule has 6 nitrogen and oxygen atoms in total. The molecule has 1 aromatic rings. The zero-order chi connectivity index (χ0) is 19.3. The van der Waals surface area contributed by atoms with Gasteiger partial charge in [0.25, 0.3) is 0 Å². The van der Waals surface area contributed by atoms with E-state index in [1.807, 2.05) is 20.8 Å². The Morgan fingerprint density at radius 2 is 1.85 bits per heavy atom. The van der Waals surface area contributed by atoms with Gasteiger partial charge in [-0.25, -0.2) is 4.79 Å². The molecule has 1 atom stereocenters. The van der Waals surface area contributed by atoms with E-state index in [0.29, 0.717) is 31.6 Å². The van der Waals surface area contributed by atoms with E-state index in [9.17, 15) is 14.1 Å². The van der Waals surface area contributed by atoms with E-state index in [1.165, 1.54) is 6.08 Å². The molecular formula is C19H26N2O4S. The van der Waals surface area contributed by atoms with E-state index in [-0.39, 0.29) is 17.3 Å². The lowest BCUT2D eigenvalue weighted by atomic mass is 10.1. The van der Waals surface area contributed by atoms with Crippen LogP contribution in [0.3, 0.4) is 0 Å². The average Bonchev–Trinajstić information content (AvgIpc) is 2.60. The molecule has 0 aliphatic carbocycles. The van der Waals surface area contributed by atoms with E-state index in [0.717, 1.165) is 4.90 Å². The van der Waals surface area contributed by atoms with Crippen LogP contribution in [0.5, 0.6) is 0 Å². The van der Waals surface area contributed by atoms with Gasteiger partial charge in [0.15, 0.2) is 4.90 Å². The summed E-state index contributed by atoms with van der Waals surface area (Å²) < 4.78 is 18.1. The number of carbonyl (C=O) groups excluding carboxylic acids is 2. The molecule has 1 saturated heterocycles. The molecule has 1 unspecified atom stereocenters. The van der Waals surface area contributed by atoms with Crippen molar-refractivity contribution in [3.8, 4) is 0 Å². The molecule has 1 fully saturated rings. The molecule has 7 heteroatoms. The third-order valence-corrected chi connectivity index (χ3v) is 5.75. The second kappa shape index (κ2) is 8.60. The summed E-state index contributed by atoms with van der Waals surface area (Å²) in [6.45, 7) is 10.0. The number of rotatable bonds is 4. The van der Waals surface area contributed by atoms with Crippen molar-refractivity contribution in [2.24, 2.45) is 0 Å². The Morgan fingerprint density at radius 3 is 2.35 bits per heavy atom. The van der Waals surface area contributed by atoms with Crippen molar-refractivity contribution >= 4 is 28.9 Å². The number of anilines is 1. The molecule has 1 aromatic carbocycles. The lowest BCUT2D eigenvalue weighted by Crippen LogP contribution is -2.44. The van der Waals surface area contributed by atoms with Gasteiger partial charge >= 0.3 is 6.09 Å². The smallest absolute Gasteiger partial charge is 0.410 e. The van der Waals surface area contributed by atoms with E-state index in [1.54, 1.807) is 29.2 Å². The van der Waals surface area contributed by atoms with Crippen molar-refractivity contribution in [1.29, 1.82) is 0 Å². The zero-order valence-corrected chi connectivity index (χ0v) is 16.3. The minimum absolute atomic E-state index is 0.00213. The minimum Gasteiger partial charge on any atom is -0.611 e. The molecule has 1 heterocycles. The van der Waals surface area contributed by atoms with Gasteiger partial charge in [-0.1, -0.05) is 6.58 Å². The Bertz CT molecular complexity index is 646. The number of nitrogens with zero attached hydrogens (tertiary/aromatic N) is 1. The van der Waals surface area contributed by atoms with Gasteiger partial charge in [0.2, 0.25) is 5.91 Å². The van der Waals surface area contributed by atoms with Crippen LogP contribution < -0.4 is 5.32 Å². The summed E-state index contributed by atoms with van der Waals surface area (Å²) in [5.74, 6) is -0.284. The molecular weight excluding hydrogens is 352 g/mol. The first-order valence-corrected chi connectivity index (χ1v) is 9.83. The van der Waals surface area contributed by atoms with Crippen LogP contribution in [0.4, 0.5) is 10.5 Å². The van der Waals surface area contributed by atoms with Gasteiger partial charge in [0, 0.05) is 31.6 Å². The number of likely N-dealkylation sites (tertiary alicyclic amines) is 1. The van der Waals surface area contributed by atoms with Crippen LogP contribution in [-0.2, 0) is 20.7 Å². The zero-order valence-electron chi connectivity index (χ0n) is 15.5. The molecule has 26 heavy (non-hydrogen) atoms. The van der Waals surface area contributed by atoms with Gasteiger partial charge in [-0.2, -0.15) is 0 Å². The highest BCUT2D eigenvalue weighted by atomic mass is 32.2. The monoisotopic (exact) mass is 378 g/mol. The predicted molar refractivity (Wildman–Crippen MR) is 103 cm³/mol. The number of piperidine rings is 1. The maximum Gasteiger partial charge on any atom is 0.410 e. The molecule has 0 spiro atoms. The number of hydrogen-bond donors (Lipinski definition) is 1. The maximum absolute atomic E-state index is 12.8. The summed E-state index contributed by atoms with van der Waals surface area (Å²) in [4.78, 5) is 25.8. The van der Waals surface area contributed by atoms with Crippen molar-refractivity contribution in [3.05, 3.63) is 36.9 Å². The molecule has 142 valence electrons. The van der Waals surface area contributed by atoms with Gasteiger partial charge in [-0.05, 0) is 62.3 Å². The SMILES string of the molecule is C=CC(=O)Nc1ccc([S+]([O-])C2CCN(C(=O)OC(C)(C)C)CC2)cc1. The third-order valence-electron chi connectivity index (χ3n) is 3.94. The van der Waals surface area contributed by atoms with Crippen molar-refractivity contribution in [2.45, 2.75) is 49.4 Å². The van der Waals surface area contributed by atoms with Crippen LogP contribution in [0.2, 0.25) is 0 Å². The Morgan fingerprint density at radius 1 is 1.27 bits per heavy atom. The molecule has 1 aliphatic heterocycles. The lowest BCUT2D eigenvalue weighted by molar-refractivity contribution is -0.111. The van der Waals surface area contributed by atoms with Gasteiger partial charge < -0.3 is 19.5 Å². The fourth-order valence-electron chi connectivity index (χ4n) is 2.64. The maximum atomic E-state index is 12.8. The first-order valence-electron chi connectivity index (χ1n) is 8.61. The molecule has 2 amide bonds. The molecule has 0 radical (unpaired) electrons. The Balaban J connectivity index is 1.89. The molecule has 0 aromatic heterocycles. The molecule has 1 aliphatic rings. The van der Waals surface area contributed by atoms with E-state index in [2.05, 4.69) is 11.9 Å². The van der Waals surface area contributed by atoms with Gasteiger partial charge in [-0.3, -0.25) is 4.79 Å². The van der Waals surface area contributed by atoms with E-state index >= 15 is 0 Å². The number of ether oxygens (including phenoxy) is 1. The van der Waals surface area contributed by atoms with Crippen LogP contribution in [0.15, 0.2) is 41.8 Å². The number of carbonyl (C=O) groups is 2. The van der Waals surface area contributed by atoms with Crippen LogP contribution in [0, 0.1) is 0 Å². The second-order valence-electron chi connectivity index (χ2n) is 7.18. The van der Waals surface area contributed by atoms with Crippen LogP contribution in [0.1, 0.15) is 33.6 Å². The fraction of sp³-hybridized carbons (Fsp3) is 0.474. The summed E-state index contributed by atoms with van der Waals surface area (Å²) in [6, 6.07) is 6.97. The number of amides is 2. The fourth-order valence-corrected chi connectivity index (χ4v) is 4.07. The summed E-state index contributed by atoms with van der Waals surface area (Å²) in [7, 11) is 0. The number of benzene rings is 1. The lowest BCUT2D eigenvalue weighted by Gasteiger charge is -2.33. The van der Waals surface area contributed by atoms with Crippen molar-refractivity contribution < 1.29 is 18.9 Å². The number of hydrogen-bond acceptors (Lipinski definition) is 4. The van der Waals surface area contributed by atoms with Crippen LogP contribution in [-0.4, -0.2) is 45.4 Å². The van der Waals surface area contributed by atoms with Crippen LogP contribution in [0.25, 0.3) is 0 Å². The average molecular weight is 378 g/mol. The van der Waals surface area contributed by atoms with Crippen molar-refractivity contribution in [3.63, 3.8) is 0 Å². The highest BCUT2D eigenvalue weighted by Crippen LogP contribution is 2.26. The Hall–Kier alpha value is -1.99. The molecule has 1 N–H and O–H groups in total. The quantitative estimate of drug-likeness (QED) is 0.644. The van der Waals surface area contributed by atoms with Gasteiger partial charge in [0.1, 0.15) is 10.9 Å². The normalized spacial score (nSPS) is 16.7. The topological polar surface area (TPSA) is 81.7 Å². The van der Waals surface area contributed by atoms with Gasteiger partial charge in [0.05, 0.1) is 0 Å². The summed E-state index contributed by atoms with van der Waals surface area (Å²) in [6.07, 6.45) is 2.22. The number of nitrogens with one attached hydrogen (secondary N) is 1. The Labute approximate surface area is 157 Å². The third kappa shape index (κ3) is 5.78. The molecule has 0 saturated carbocycles. The largest absolute Gasteiger partial charge is 0.611 e. The highest BCUT2D eigenvalue weighted by Gasteiger charge is 2.33. The summed E-state index contributed by atoms with van der Waals surface area (Å²) in [5.41, 5.74) is 0.120. The van der Waals surface area contributed by atoms with Crippen molar-refractivity contribution in [2.75, 3.05) is 18.4 Å². The Kier molecular flexibility index (Phi) is 6.72. The summed E-state index contributed by atoms with van der Waals surface area (Å²) >= 11 is -1.15. The van der Waals surface area contributed by atoms with Crippen LogP contribution >= 0.6 is 0 Å². The highest BCUT2D eigenvalue weighted by molar-refractivity contribution is 7.92. The predicted octanol–water partition coefficient (Wildman–Crippen LogP) is 3.32. The molecule has 0 bridgehead atoms.